The van der Waals surface area contributed by atoms with E-state index in [-0.39, 0.29) is 26.9 Å². The van der Waals surface area contributed by atoms with Gasteiger partial charge in [-0.25, -0.2) is 27.5 Å². The van der Waals surface area contributed by atoms with Crippen LogP contribution in [0.3, 0.4) is 0 Å². The normalized spacial score (nSPS) is 11.3. The van der Waals surface area contributed by atoms with Gasteiger partial charge in [-0.05, 0) is 12.1 Å². The van der Waals surface area contributed by atoms with Crippen LogP contribution in [0.25, 0.3) is 16.0 Å². The number of phenols is 1. The minimum absolute atomic E-state index is 0.00150. The van der Waals surface area contributed by atoms with E-state index >= 15 is 0 Å². The van der Waals surface area contributed by atoms with E-state index in [1.807, 2.05) is 0 Å². The summed E-state index contributed by atoms with van der Waals surface area (Å²) in [5.74, 6) is -5.06. The third-order valence-corrected chi connectivity index (χ3v) is 5.75. The van der Waals surface area contributed by atoms with Gasteiger partial charge < -0.3 is 5.11 Å². The van der Waals surface area contributed by atoms with E-state index in [2.05, 4.69) is 9.97 Å². The number of phenolic OH excluding ortho intramolecular Hbond substituents is 1. The Kier molecular flexibility index (Phi) is 5.01. The number of hydrogen-bond donors (Lipinski definition) is 1. The molecule has 0 aliphatic rings. The van der Waals surface area contributed by atoms with Crippen LogP contribution in [0.1, 0.15) is 5.56 Å². The first-order valence-electron chi connectivity index (χ1n) is 7.96. The lowest BCUT2D eigenvalue weighted by Gasteiger charge is -2.12. The molecule has 0 amide bonds. The summed E-state index contributed by atoms with van der Waals surface area (Å²) < 4.78 is 56.1. The average molecular weight is 439 g/mol. The maximum Gasteiger partial charge on any atom is 0.278 e. The van der Waals surface area contributed by atoms with Gasteiger partial charge in [0.2, 0.25) is 0 Å². The monoisotopic (exact) mass is 439 g/mol. The summed E-state index contributed by atoms with van der Waals surface area (Å²) in [6, 6.07) is 4.42. The van der Waals surface area contributed by atoms with Crippen molar-refractivity contribution in [1.82, 2.24) is 14.5 Å². The topological polar surface area (TPSA) is 68.0 Å². The number of aromatic hydroxyl groups is 1. The lowest BCUT2D eigenvalue weighted by atomic mass is 10.2. The Balaban J connectivity index is 1.83. The van der Waals surface area contributed by atoms with Gasteiger partial charge in [0.25, 0.3) is 5.56 Å². The summed E-state index contributed by atoms with van der Waals surface area (Å²) in [6.45, 7) is 0. The van der Waals surface area contributed by atoms with Gasteiger partial charge in [-0.3, -0.25) is 9.36 Å². The molecule has 0 aliphatic heterocycles. The van der Waals surface area contributed by atoms with E-state index in [1.165, 1.54) is 11.6 Å². The van der Waals surface area contributed by atoms with Crippen LogP contribution in [0.5, 0.6) is 5.75 Å². The molecule has 0 saturated heterocycles. The zero-order valence-corrected chi connectivity index (χ0v) is 15.8. The Labute approximate surface area is 168 Å². The Hall–Kier alpha value is -2.92. The molecule has 148 valence electrons. The highest BCUT2D eigenvalue weighted by Crippen LogP contribution is 2.29. The Bertz CT molecular complexity index is 1280. The molecular formula is C18H9F4N3O2S2. The van der Waals surface area contributed by atoms with E-state index < -0.39 is 40.1 Å². The van der Waals surface area contributed by atoms with Crippen LogP contribution in [-0.4, -0.2) is 19.6 Å². The first kappa shape index (κ1) is 19.4. The van der Waals surface area contributed by atoms with Gasteiger partial charge in [0.1, 0.15) is 22.2 Å². The SMILES string of the molecule is O=c1c2scnc2nc(SCc2c(F)cc(F)cc2F)n1-c1ccc(O)c(F)c1. The Morgan fingerprint density at radius 2 is 1.79 bits per heavy atom. The third-order valence-electron chi connectivity index (χ3n) is 3.98. The molecule has 29 heavy (non-hydrogen) atoms. The summed E-state index contributed by atoms with van der Waals surface area (Å²) in [4.78, 5) is 21.1. The predicted octanol–water partition coefficient (Wildman–Crippen LogP) is 4.40. The van der Waals surface area contributed by atoms with Crippen LogP contribution < -0.4 is 5.56 Å². The number of aromatic nitrogens is 3. The molecule has 5 nitrogen and oxygen atoms in total. The fourth-order valence-electron chi connectivity index (χ4n) is 2.60. The predicted molar refractivity (Wildman–Crippen MR) is 101 cm³/mol. The highest BCUT2D eigenvalue weighted by Gasteiger charge is 2.19. The molecule has 2 aromatic carbocycles. The first-order valence-corrected chi connectivity index (χ1v) is 9.83. The van der Waals surface area contributed by atoms with Crippen LogP contribution >= 0.6 is 23.1 Å². The number of thiazole rings is 1. The molecule has 0 radical (unpaired) electrons. The van der Waals surface area contributed by atoms with Crippen molar-refractivity contribution in [2.45, 2.75) is 10.9 Å². The molecule has 0 aliphatic carbocycles. The summed E-state index contributed by atoms with van der Waals surface area (Å²) in [7, 11) is 0. The third kappa shape index (κ3) is 3.58. The van der Waals surface area contributed by atoms with Gasteiger partial charge in [0.15, 0.2) is 22.4 Å². The number of halogens is 4. The first-order chi connectivity index (χ1) is 13.8. The van der Waals surface area contributed by atoms with Gasteiger partial charge in [0, 0.05) is 29.5 Å². The van der Waals surface area contributed by atoms with Crippen molar-refractivity contribution in [2.75, 3.05) is 0 Å². The van der Waals surface area contributed by atoms with Crippen molar-refractivity contribution < 1.29 is 22.7 Å². The minimum Gasteiger partial charge on any atom is -0.505 e. The van der Waals surface area contributed by atoms with Crippen LogP contribution in [0.4, 0.5) is 17.6 Å². The van der Waals surface area contributed by atoms with Crippen molar-refractivity contribution >= 4 is 33.4 Å². The minimum atomic E-state index is -1.07. The number of thioether (sulfide) groups is 1. The molecule has 0 atom stereocenters. The second-order valence-electron chi connectivity index (χ2n) is 5.81. The van der Waals surface area contributed by atoms with E-state index in [1.54, 1.807) is 0 Å². The summed E-state index contributed by atoms with van der Waals surface area (Å²) in [6.07, 6.45) is 0. The second-order valence-corrected chi connectivity index (χ2v) is 7.61. The van der Waals surface area contributed by atoms with Crippen molar-refractivity contribution in [1.29, 1.82) is 0 Å². The van der Waals surface area contributed by atoms with Gasteiger partial charge >= 0.3 is 0 Å². The van der Waals surface area contributed by atoms with Crippen molar-refractivity contribution in [3.63, 3.8) is 0 Å². The number of fused-ring (bicyclic) bond motifs is 1. The number of benzene rings is 2. The lowest BCUT2D eigenvalue weighted by molar-refractivity contribution is 0.432. The van der Waals surface area contributed by atoms with Crippen LogP contribution in [-0.2, 0) is 5.75 Å². The number of hydrogen-bond acceptors (Lipinski definition) is 6. The Morgan fingerprint density at radius 3 is 2.48 bits per heavy atom. The smallest absolute Gasteiger partial charge is 0.278 e. The van der Waals surface area contributed by atoms with Crippen molar-refractivity contribution in [3.8, 4) is 11.4 Å². The standard InChI is InChI=1S/C18H9F4N3O2S2/c19-8-3-11(20)10(12(21)4-8)6-28-18-24-16-15(29-7-23-16)17(27)25(18)9-1-2-14(26)13(22)5-9/h1-5,7,26H,6H2. The molecule has 4 rings (SSSR count). The van der Waals surface area contributed by atoms with Gasteiger partial charge in [-0.1, -0.05) is 11.8 Å². The number of nitrogens with zero attached hydrogens (tertiary/aromatic N) is 3. The van der Waals surface area contributed by atoms with Crippen LogP contribution in [0.2, 0.25) is 0 Å². The van der Waals surface area contributed by atoms with Gasteiger partial charge in [-0.2, -0.15) is 0 Å². The zero-order valence-electron chi connectivity index (χ0n) is 14.2. The van der Waals surface area contributed by atoms with Gasteiger partial charge in [-0.15, -0.1) is 11.3 Å². The summed E-state index contributed by atoms with van der Waals surface area (Å²) >= 11 is 1.84. The molecular weight excluding hydrogens is 430 g/mol. The lowest BCUT2D eigenvalue weighted by Crippen LogP contribution is -2.21. The van der Waals surface area contributed by atoms with E-state index in [0.29, 0.717) is 12.1 Å². The highest BCUT2D eigenvalue weighted by atomic mass is 32.2. The molecule has 0 spiro atoms. The number of rotatable bonds is 4. The van der Waals surface area contributed by atoms with Gasteiger partial charge in [0.05, 0.1) is 11.2 Å². The van der Waals surface area contributed by atoms with Crippen molar-refractivity contribution in [2.24, 2.45) is 0 Å². The van der Waals surface area contributed by atoms with E-state index in [9.17, 15) is 27.5 Å². The maximum atomic E-state index is 13.9. The molecule has 0 saturated carbocycles. The van der Waals surface area contributed by atoms with E-state index in [0.717, 1.165) is 39.8 Å². The van der Waals surface area contributed by atoms with E-state index in [4.69, 9.17) is 0 Å². The molecule has 2 heterocycles. The van der Waals surface area contributed by atoms with Crippen molar-refractivity contribution in [3.05, 3.63) is 75.0 Å². The zero-order chi connectivity index (χ0) is 20.7. The maximum absolute atomic E-state index is 13.9. The second kappa shape index (κ2) is 7.48. The van der Waals surface area contributed by atoms with Crippen LogP contribution in [0.15, 0.2) is 45.8 Å². The molecule has 2 aromatic heterocycles. The largest absolute Gasteiger partial charge is 0.505 e. The molecule has 0 unspecified atom stereocenters. The molecule has 4 aromatic rings. The quantitative estimate of drug-likeness (QED) is 0.290. The van der Waals surface area contributed by atoms with Crippen LogP contribution in [0, 0.1) is 23.3 Å². The fraction of sp³-hybridized carbons (Fsp3) is 0.0556. The summed E-state index contributed by atoms with van der Waals surface area (Å²) in [5.41, 5.74) is 0.667. The molecule has 0 fully saturated rings. The molecule has 1 N–H and O–H groups in total. The Morgan fingerprint density at radius 1 is 1.07 bits per heavy atom. The summed E-state index contributed by atoms with van der Waals surface area (Å²) in [5, 5.41) is 9.40. The fourth-order valence-corrected chi connectivity index (χ4v) is 4.27. The average Bonchev–Trinajstić information content (AvgIpc) is 3.12. The molecule has 11 heteroatoms. The molecule has 0 bridgehead atoms. The highest BCUT2D eigenvalue weighted by molar-refractivity contribution is 7.98.